The van der Waals surface area contributed by atoms with Crippen molar-refractivity contribution in [3.8, 4) is 0 Å². The summed E-state index contributed by atoms with van der Waals surface area (Å²) in [7, 11) is 0. The highest BCUT2D eigenvalue weighted by Gasteiger charge is 2.20. The van der Waals surface area contributed by atoms with Gasteiger partial charge in [-0.15, -0.1) is 11.3 Å². The van der Waals surface area contributed by atoms with Crippen molar-refractivity contribution in [2.45, 2.75) is 44.7 Å². The molecule has 0 radical (unpaired) electrons. The maximum Gasteiger partial charge on any atom is 0.0544 e. The lowest BCUT2D eigenvalue weighted by Crippen LogP contribution is -2.34. The predicted octanol–water partition coefficient (Wildman–Crippen LogP) is 2.59. The number of rotatable bonds is 4. The molecule has 0 spiro atoms. The van der Waals surface area contributed by atoms with E-state index in [-0.39, 0.29) is 0 Å². The molecular weight excluding hydrogens is 204 g/mol. The molecule has 1 heterocycles. The van der Waals surface area contributed by atoms with Gasteiger partial charge in [-0.25, -0.2) is 0 Å². The molecule has 1 aliphatic rings. The van der Waals surface area contributed by atoms with Gasteiger partial charge in [0.05, 0.1) is 6.04 Å². The molecule has 0 amide bonds. The molecule has 1 aliphatic carbocycles. The third-order valence-corrected chi connectivity index (χ3v) is 4.38. The van der Waals surface area contributed by atoms with Crippen LogP contribution in [0.4, 0.5) is 0 Å². The highest BCUT2D eigenvalue weighted by atomic mass is 32.1. The van der Waals surface area contributed by atoms with Crippen LogP contribution in [0.25, 0.3) is 0 Å². The quantitative estimate of drug-likeness (QED) is 0.825. The van der Waals surface area contributed by atoms with E-state index >= 15 is 0 Å². The van der Waals surface area contributed by atoms with E-state index in [0.29, 0.717) is 18.6 Å². The average molecular weight is 224 g/mol. The second-order valence-electron chi connectivity index (χ2n) is 4.40. The van der Waals surface area contributed by atoms with Gasteiger partial charge < -0.3 is 11.1 Å². The zero-order valence-electron chi connectivity index (χ0n) is 9.33. The van der Waals surface area contributed by atoms with Gasteiger partial charge in [0.2, 0.25) is 0 Å². The topological polar surface area (TPSA) is 38.0 Å². The molecule has 1 saturated carbocycles. The zero-order chi connectivity index (χ0) is 10.7. The second kappa shape index (κ2) is 5.10. The van der Waals surface area contributed by atoms with Gasteiger partial charge in [0.1, 0.15) is 0 Å². The summed E-state index contributed by atoms with van der Waals surface area (Å²) in [5, 5.41) is 5.85. The van der Waals surface area contributed by atoms with Crippen molar-refractivity contribution in [3.05, 3.63) is 21.9 Å². The molecule has 0 aromatic carbocycles. The fourth-order valence-corrected chi connectivity index (χ4v) is 3.37. The average Bonchev–Trinajstić information content (AvgIpc) is 2.85. The molecule has 0 aliphatic heterocycles. The highest BCUT2D eigenvalue weighted by molar-refractivity contribution is 7.10. The summed E-state index contributed by atoms with van der Waals surface area (Å²) < 4.78 is 0. The summed E-state index contributed by atoms with van der Waals surface area (Å²) in [6.07, 6.45) is 5.39. The maximum atomic E-state index is 5.86. The molecule has 1 aromatic rings. The Balaban J connectivity index is 2.00. The summed E-state index contributed by atoms with van der Waals surface area (Å²) in [5.41, 5.74) is 7.23. The van der Waals surface area contributed by atoms with E-state index in [1.807, 2.05) is 11.3 Å². The number of nitrogens with two attached hydrogens (primary N) is 1. The van der Waals surface area contributed by atoms with Crippen LogP contribution in [0.2, 0.25) is 0 Å². The number of thiophene rings is 1. The fraction of sp³-hybridized carbons (Fsp3) is 0.667. The lowest BCUT2D eigenvalue weighted by molar-refractivity contribution is 0.448. The normalized spacial score (nSPS) is 19.6. The molecule has 1 aromatic heterocycles. The van der Waals surface area contributed by atoms with Crippen LogP contribution in [0.1, 0.15) is 42.2 Å². The smallest absolute Gasteiger partial charge is 0.0544 e. The molecule has 0 bridgehead atoms. The van der Waals surface area contributed by atoms with E-state index in [1.54, 1.807) is 0 Å². The summed E-state index contributed by atoms with van der Waals surface area (Å²) in [6.45, 7) is 2.88. The predicted molar refractivity (Wildman–Crippen MR) is 66.2 cm³/mol. The molecule has 1 unspecified atom stereocenters. The fourth-order valence-electron chi connectivity index (χ4n) is 2.37. The van der Waals surface area contributed by atoms with Crippen LogP contribution in [0, 0.1) is 6.92 Å². The first-order chi connectivity index (χ1) is 7.31. The Morgan fingerprint density at radius 1 is 1.53 bits per heavy atom. The Kier molecular flexibility index (Phi) is 3.78. The van der Waals surface area contributed by atoms with E-state index in [0.717, 1.165) is 0 Å². The van der Waals surface area contributed by atoms with Gasteiger partial charge in [-0.05, 0) is 36.8 Å². The van der Waals surface area contributed by atoms with Crippen molar-refractivity contribution in [3.63, 3.8) is 0 Å². The molecule has 15 heavy (non-hydrogen) atoms. The van der Waals surface area contributed by atoms with E-state index in [4.69, 9.17) is 5.73 Å². The number of hydrogen-bond donors (Lipinski definition) is 2. The zero-order valence-corrected chi connectivity index (χ0v) is 10.1. The van der Waals surface area contributed by atoms with Gasteiger partial charge in [-0.1, -0.05) is 12.8 Å². The molecule has 3 N–H and O–H groups in total. The van der Waals surface area contributed by atoms with Crippen LogP contribution < -0.4 is 11.1 Å². The Labute approximate surface area is 95.9 Å². The van der Waals surface area contributed by atoms with Gasteiger partial charge >= 0.3 is 0 Å². The Bertz CT molecular complexity index is 302. The number of aryl methyl sites for hydroxylation is 1. The summed E-state index contributed by atoms with van der Waals surface area (Å²) in [6, 6.07) is 3.24. The minimum absolute atomic E-state index is 0.369. The first kappa shape index (κ1) is 11.1. The van der Waals surface area contributed by atoms with Crippen LogP contribution >= 0.6 is 11.3 Å². The molecule has 3 heteroatoms. The van der Waals surface area contributed by atoms with Gasteiger partial charge in [0.25, 0.3) is 0 Å². The van der Waals surface area contributed by atoms with Gasteiger partial charge in [0.15, 0.2) is 0 Å². The van der Waals surface area contributed by atoms with Crippen LogP contribution in [0.5, 0.6) is 0 Å². The standard InChI is InChI=1S/C12H20N2S/c1-9-6-7-15-12(9)11(8-13)14-10-4-2-3-5-10/h6-7,10-11,14H,2-5,8,13H2,1H3. The lowest BCUT2D eigenvalue weighted by atomic mass is 10.1. The third-order valence-electron chi connectivity index (χ3n) is 3.25. The van der Waals surface area contributed by atoms with Crippen molar-refractivity contribution in [2.75, 3.05) is 6.54 Å². The maximum absolute atomic E-state index is 5.86. The summed E-state index contributed by atoms with van der Waals surface area (Å²) in [5.74, 6) is 0. The molecule has 84 valence electrons. The minimum atomic E-state index is 0.369. The van der Waals surface area contributed by atoms with E-state index in [9.17, 15) is 0 Å². The summed E-state index contributed by atoms with van der Waals surface area (Å²) in [4.78, 5) is 1.42. The molecule has 1 fully saturated rings. The Hall–Kier alpha value is -0.380. The first-order valence-corrected chi connectivity index (χ1v) is 6.69. The van der Waals surface area contributed by atoms with Crippen molar-refractivity contribution in [1.29, 1.82) is 0 Å². The SMILES string of the molecule is Cc1ccsc1C(CN)NC1CCCC1. The second-order valence-corrected chi connectivity index (χ2v) is 5.35. The summed E-state index contributed by atoms with van der Waals surface area (Å²) >= 11 is 1.82. The van der Waals surface area contributed by atoms with Crippen molar-refractivity contribution in [2.24, 2.45) is 5.73 Å². The van der Waals surface area contributed by atoms with Crippen LogP contribution in [-0.2, 0) is 0 Å². The number of hydrogen-bond acceptors (Lipinski definition) is 3. The van der Waals surface area contributed by atoms with Crippen molar-refractivity contribution >= 4 is 11.3 Å². The molecular formula is C12H20N2S. The van der Waals surface area contributed by atoms with Crippen molar-refractivity contribution in [1.82, 2.24) is 5.32 Å². The van der Waals surface area contributed by atoms with Crippen LogP contribution in [0.15, 0.2) is 11.4 Å². The largest absolute Gasteiger partial charge is 0.329 e. The van der Waals surface area contributed by atoms with E-state index < -0.39 is 0 Å². The molecule has 2 rings (SSSR count). The van der Waals surface area contributed by atoms with Gasteiger partial charge in [-0.2, -0.15) is 0 Å². The van der Waals surface area contributed by atoms with Gasteiger partial charge in [-0.3, -0.25) is 0 Å². The van der Waals surface area contributed by atoms with Crippen LogP contribution in [-0.4, -0.2) is 12.6 Å². The van der Waals surface area contributed by atoms with Crippen molar-refractivity contribution < 1.29 is 0 Å². The minimum Gasteiger partial charge on any atom is -0.329 e. The first-order valence-electron chi connectivity index (χ1n) is 5.81. The Morgan fingerprint density at radius 3 is 2.80 bits per heavy atom. The Morgan fingerprint density at radius 2 is 2.27 bits per heavy atom. The molecule has 2 nitrogen and oxygen atoms in total. The molecule has 0 saturated heterocycles. The van der Waals surface area contributed by atoms with Crippen LogP contribution in [0.3, 0.4) is 0 Å². The third kappa shape index (κ3) is 2.60. The van der Waals surface area contributed by atoms with E-state index in [2.05, 4.69) is 23.7 Å². The number of nitrogens with one attached hydrogen (secondary N) is 1. The van der Waals surface area contributed by atoms with Gasteiger partial charge in [0, 0.05) is 17.5 Å². The monoisotopic (exact) mass is 224 g/mol. The van der Waals surface area contributed by atoms with E-state index in [1.165, 1.54) is 36.1 Å². The highest BCUT2D eigenvalue weighted by Crippen LogP contribution is 2.26. The molecule has 1 atom stereocenters. The lowest BCUT2D eigenvalue weighted by Gasteiger charge is -2.21.